The highest BCUT2D eigenvalue weighted by molar-refractivity contribution is 6.31. The van der Waals surface area contributed by atoms with Crippen molar-refractivity contribution in [3.8, 4) is 0 Å². The third-order valence-corrected chi connectivity index (χ3v) is 3.74. The molecule has 0 heterocycles. The zero-order chi connectivity index (χ0) is 13.8. The molecule has 2 aromatic carbocycles. The number of benzene rings is 2. The van der Waals surface area contributed by atoms with Crippen molar-refractivity contribution >= 4 is 11.6 Å². The minimum Gasteiger partial charge on any atom is -0.306 e. The van der Waals surface area contributed by atoms with E-state index in [4.69, 9.17) is 11.6 Å². The van der Waals surface area contributed by atoms with Gasteiger partial charge >= 0.3 is 0 Å². The molecule has 0 aromatic heterocycles. The predicted molar refractivity (Wildman–Crippen MR) is 82.6 cm³/mol. The second kappa shape index (κ2) is 6.23. The molecule has 19 heavy (non-hydrogen) atoms. The summed E-state index contributed by atoms with van der Waals surface area (Å²) in [6.07, 6.45) is 0. The van der Waals surface area contributed by atoms with Crippen LogP contribution in [0.3, 0.4) is 0 Å². The van der Waals surface area contributed by atoms with Crippen LogP contribution in [0.25, 0.3) is 0 Å². The Kier molecular flexibility index (Phi) is 4.62. The van der Waals surface area contributed by atoms with E-state index >= 15 is 0 Å². The predicted octanol–water partition coefficient (Wildman–Crippen LogP) is 4.81. The molecule has 2 rings (SSSR count). The third-order valence-electron chi connectivity index (χ3n) is 3.38. The van der Waals surface area contributed by atoms with E-state index in [1.165, 1.54) is 16.7 Å². The Morgan fingerprint density at radius 2 is 1.63 bits per heavy atom. The van der Waals surface area contributed by atoms with E-state index in [0.29, 0.717) is 6.04 Å². The van der Waals surface area contributed by atoms with E-state index in [0.717, 1.165) is 17.1 Å². The first-order valence-corrected chi connectivity index (χ1v) is 6.99. The van der Waals surface area contributed by atoms with Gasteiger partial charge in [-0.3, -0.25) is 0 Å². The van der Waals surface area contributed by atoms with Crippen molar-refractivity contribution < 1.29 is 0 Å². The lowest BCUT2D eigenvalue weighted by Crippen LogP contribution is -2.18. The molecule has 2 heteroatoms. The Hall–Kier alpha value is -1.31. The van der Waals surface area contributed by atoms with Crippen molar-refractivity contribution in [2.24, 2.45) is 0 Å². The fraction of sp³-hybridized carbons (Fsp3) is 0.294. The minimum atomic E-state index is 0.318. The standard InChI is InChI=1S/C17H20ClN/c1-12-4-7-15(8-5-12)14(3)19-11-16-9-6-13(2)10-17(16)18/h4-10,14,19H,11H2,1-3H3. The lowest BCUT2D eigenvalue weighted by molar-refractivity contribution is 0.574. The number of nitrogens with one attached hydrogen (secondary N) is 1. The quantitative estimate of drug-likeness (QED) is 0.843. The second-order valence-corrected chi connectivity index (χ2v) is 5.52. The van der Waals surface area contributed by atoms with Crippen molar-refractivity contribution in [3.05, 3.63) is 69.7 Å². The number of halogens is 1. The molecule has 1 nitrogen and oxygen atoms in total. The smallest absolute Gasteiger partial charge is 0.0453 e. The molecule has 0 aliphatic carbocycles. The van der Waals surface area contributed by atoms with Gasteiger partial charge in [-0.15, -0.1) is 0 Å². The molecule has 0 saturated heterocycles. The normalized spacial score (nSPS) is 12.4. The summed E-state index contributed by atoms with van der Waals surface area (Å²) in [7, 11) is 0. The van der Waals surface area contributed by atoms with Crippen LogP contribution in [0.2, 0.25) is 5.02 Å². The Balaban J connectivity index is 2.00. The van der Waals surface area contributed by atoms with Crippen LogP contribution >= 0.6 is 11.6 Å². The van der Waals surface area contributed by atoms with Gasteiger partial charge in [-0.2, -0.15) is 0 Å². The van der Waals surface area contributed by atoms with E-state index in [1.807, 2.05) is 6.07 Å². The SMILES string of the molecule is Cc1ccc(C(C)NCc2ccc(C)cc2Cl)cc1. The molecule has 0 amide bonds. The van der Waals surface area contributed by atoms with Crippen molar-refractivity contribution in [1.82, 2.24) is 5.32 Å². The fourth-order valence-corrected chi connectivity index (χ4v) is 2.33. The Morgan fingerprint density at radius 3 is 2.26 bits per heavy atom. The molecule has 0 bridgehead atoms. The maximum atomic E-state index is 6.24. The average Bonchev–Trinajstić information content (AvgIpc) is 2.38. The highest BCUT2D eigenvalue weighted by Gasteiger charge is 2.06. The van der Waals surface area contributed by atoms with Crippen LogP contribution < -0.4 is 5.32 Å². The third kappa shape index (κ3) is 3.82. The first kappa shape index (κ1) is 14.1. The Bertz CT molecular complexity index is 546. The van der Waals surface area contributed by atoms with Gasteiger partial charge in [0.15, 0.2) is 0 Å². The van der Waals surface area contributed by atoms with Crippen LogP contribution in [0, 0.1) is 13.8 Å². The molecule has 2 aromatic rings. The summed E-state index contributed by atoms with van der Waals surface area (Å²) in [6.45, 7) is 7.12. The fourth-order valence-electron chi connectivity index (χ4n) is 2.03. The van der Waals surface area contributed by atoms with E-state index < -0.39 is 0 Å². The molecule has 100 valence electrons. The Labute approximate surface area is 120 Å². The summed E-state index contributed by atoms with van der Waals surface area (Å²) in [6, 6.07) is 15.1. The molecule has 0 saturated carbocycles. The molecule has 1 N–H and O–H groups in total. The van der Waals surface area contributed by atoms with Gasteiger partial charge in [0.25, 0.3) is 0 Å². The second-order valence-electron chi connectivity index (χ2n) is 5.11. The molecule has 0 radical (unpaired) electrons. The first-order chi connectivity index (χ1) is 9.06. The minimum absolute atomic E-state index is 0.318. The van der Waals surface area contributed by atoms with E-state index in [1.54, 1.807) is 0 Å². The molecule has 1 unspecified atom stereocenters. The van der Waals surface area contributed by atoms with Crippen LogP contribution in [0.15, 0.2) is 42.5 Å². The van der Waals surface area contributed by atoms with Crippen LogP contribution in [-0.4, -0.2) is 0 Å². The number of hydrogen-bond acceptors (Lipinski definition) is 1. The number of aryl methyl sites for hydroxylation is 2. The highest BCUT2D eigenvalue weighted by Crippen LogP contribution is 2.19. The summed E-state index contributed by atoms with van der Waals surface area (Å²) in [5.74, 6) is 0. The van der Waals surface area contributed by atoms with E-state index in [-0.39, 0.29) is 0 Å². The van der Waals surface area contributed by atoms with Crippen LogP contribution in [0.5, 0.6) is 0 Å². The Morgan fingerprint density at radius 1 is 1.00 bits per heavy atom. The van der Waals surface area contributed by atoms with Crippen LogP contribution in [0.4, 0.5) is 0 Å². The summed E-state index contributed by atoms with van der Waals surface area (Å²) < 4.78 is 0. The van der Waals surface area contributed by atoms with Gasteiger partial charge < -0.3 is 5.32 Å². The van der Waals surface area contributed by atoms with Crippen molar-refractivity contribution in [2.45, 2.75) is 33.4 Å². The molecule has 0 aliphatic rings. The summed E-state index contributed by atoms with van der Waals surface area (Å²) in [4.78, 5) is 0. The van der Waals surface area contributed by atoms with Crippen LogP contribution in [0.1, 0.15) is 35.2 Å². The zero-order valence-corrected chi connectivity index (χ0v) is 12.5. The van der Waals surface area contributed by atoms with Gasteiger partial charge in [-0.1, -0.05) is 53.6 Å². The van der Waals surface area contributed by atoms with E-state index in [2.05, 4.69) is 62.5 Å². The largest absolute Gasteiger partial charge is 0.306 e. The van der Waals surface area contributed by atoms with Gasteiger partial charge in [0.1, 0.15) is 0 Å². The summed E-state index contributed by atoms with van der Waals surface area (Å²) >= 11 is 6.24. The molecule has 1 atom stereocenters. The molecule has 0 aliphatic heterocycles. The van der Waals surface area contributed by atoms with Gasteiger partial charge in [-0.05, 0) is 43.5 Å². The van der Waals surface area contributed by atoms with Gasteiger partial charge in [-0.25, -0.2) is 0 Å². The lowest BCUT2D eigenvalue weighted by Gasteiger charge is -2.15. The monoisotopic (exact) mass is 273 g/mol. The van der Waals surface area contributed by atoms with Crippen molar-refractivity contribution in [1.29, 1.82) is 0 Å². The van der Waals surface area contributed by atoms with Crippen LogP contribution in [-0.2, 0) is 6.54 Å². The van der Waals surface area contributed by atoms with Gasteiger partial charge in [0.05, 0.1) is 0 Å². The molecule has 0 spiro atoms. The van der Waals surface area contributed by atoms with Gasteiger partial charge in [0, 0.05) is 17.6 Å². The number of rotatable bonds is 4. The summed E-state index contributed by atoms with van der Waals surface area (Å²) in [5, 5.41) is 4.35. The molecular formula is C17H20ClN. The first-order valence-electron chi connectivity index (χ1n) is 6.61. The molecule has 0 fully saturated rings. The lowest BCUT2D eigenvalue weighted by atomic mass is 10.1. The van der Waals surface area contributed by atoms with Gasteiger partial charge in [0.2, 0.25) is 0 Å². The van der Waals surface area contributed by atoms with Crippen molar-refractivity contribution in [3.63, 3.8) is 0 Å². The van der Waals surface area contributed by atoms with Crippen molar-refractivity contribution in [2.75, 3.05) is 0 Å². The highest BCUT2D eigenvalue weighted by atomic mass is 35.5. The zero-order valence-electron chi connectivity index (χ0n) is 11.7. The topological polar surface area (TPSA) is 12.0 Å². The maximum absolute atomic E-state index is 6.24. The average molecular weight is 274 g/mol. The molecular weight excluding hydrogens is 254 g/mol. The summed E-state index contributed by atoms with van der Waals surface area (Å²) in [5.41, 5.74) is 4.93. The maximum Gasteiger partial charge on any atom is 0.0453 e. The van der Waals surface area contributed by atoms with E-state index in [9.17, 15) is 0 Å². The number of hydrogen-bond donors (Lipinski definition) is 1.